The van der Waals surface area contributed by atoms with Crippen molar-refractivity contribution in [3.8, 4) is 5.75 Å². The fourth-order valence-electron chi connectivity index (χ4n) is 4.73. The Balaban J connectivity index is 1.36. The number of carbonyl (C=O) groups is 1. The van der Waals surface area contributed by atoms with Crippen LogP contribution in [0.4, 0.5) is 4.39 Å². The summed E-state index contributed by atoms with van der Waals surface area (Å²) in [5.74, 6) is 0.735. The van der Waals surface area contributed by atoms with E-state index in [2.05, 4.69) is 15.1 Å². The average molecular weight is 412 g/mol. The Morgan fingerprint density at radius 1 is 1.13 bits per heavy atom. The second kappa shape index (κ2) is 9.58. The topological polar surface area (TPSA) is 44.8 Å². The van der Waals surface area contributed by atoms with Crippen molar-refractivity contribution >= 4 is 5.91 Å². The number of benzene rings is 2. The second-order valence-corrected chi connectivity index (χ2v) is 8.25. The van der Waals surface area contributed by atoms with Crippen LogP contribution in [-0.2, 0) is 11.3 Å². The molecule has 5 nitrogen and oxygen atoms in total. The van der Waals surface area contributed by atoms with Crippen LogP contribution in [0, 0.1) is 5.82 Å². The molecule has 30 heavy (non-hydrogen) atoms. The Labute approximate surface area is 177 Å². The third kappa shape index (κ3) is 4.99. The van der Waals surface area contributed by atoms with Gasteiger partial charge in [0, 0.05) is 32.6 Å². The standard InChI is InChI=1S/C24H30FN3O2/c1-26-24(29)23-15-22(30-21-8-3-2-4-9-21)17-28(23)20-10-12-27(13-11-20)16-18-6-5-7-19(25)14-18/h2-9,14,20,22-23H,10-13,15-17H2,1H3,(H,26,29)/t22-,23-/m0/s1. The highest BCUT2D eigenvalue weighted by molar-refractivity contribution is 5.81. The van der Waals surface area contributed by atoms with E-state index in [-0.39, 0.29) is 23.9 Å². The molecule has 0 bridgehead atoms. The van der Waals surface area contributed by atoms with Gasteiger partial charge in [-0.05, 0) is 55.8 Å². The number of carbonyl (C=O) groups excluding carboxylic acids is 1. The highest BCUT2D eigenvalue weighted by atomic mass is 19.1. The van der Waals surface area contributed by atoms with Gasteiger partial charge >= 0.3 is 0 Å². The molecule has 1 amide bonds. The smallest absolute Gasteiger partial charge is 0.237 e. The summed E-state index contributed by atoms with van der Waals surface area (Å²) in [6.45, 7) is 3.43. The molecule has 160 valence electrons. The second-order valence-electron chi connectivity index (χ2n) is 8.25. The Morgan fingerprint density at radius 2 is 1.90 bits per heavy atom. The first-order valence-corrected chi connectivity index (χ1v) is 10.8. The first-order chi connectivity index (χ1) is 14.6. The summed E-state index contributed by atoms with van der Waals surface area (Å²) >= 11 is 0. The zero-order valence-corrected chi connectivity index (χ0v) is 17.5. The molecule has 0 spiro atoms. The lowest BCUT2D eigenvalue weighted by Gasteiger charge is -2.38. The molecular weight excluding hydrogens is 381 g/mol. The number of likely N-dealkylation sites (tertiary alicyclic amines) is 2. The molecular formula is C24H30FN3O2. The summed E-state index contributed by atoms with van der Waals surface area (Å²) in [5.41, 5.74) is 1.01. The predicted molar refractivity (Wildman–Crippen MR) is 115 cm³/mol. The first-order valence-electron chi connectivity index (χ1n) is 10.8. The molecule has 2 atom stereocenters. The lowest BCUT2D eigenvalue weighted by molar-refractivity contribution is -0.126. The van der Waals surface area contributed by atoms with E-state index >= 15 is 0 Å². The monoisotopic (exact) mass is 411 g/mol. The third-order valence-corrected chi connectivity index (χ3v) is 6.22. The van der Waals surface area contributed by atoms with Gasteiger partial charge in [-0.2, -0.15) is 0 Å². The molecule has 6 heteroatoms. The minimum absolute atomic E-state index is 0.0139. The van der Waals surface area contributed by atoms with Crippen LogP contribution in [0.2, 0.25) is 0 Å². The molecule has 4 rings (SSSR count). The maximum atomic E-state index is 13.5. The van der Waals surface area contributed by atoms with E-state index in [4.69, 9.17) is 4.74 Å². The molecule has 2 aliphatic rings. The van der Waals surface area contributed by atoms with E-state index in [0.29, 0.717) is 12.5 Å². The van der Waals surface area contributed by atoms with Crippen LogP contribution < -0.4 is 10.1 Å². The van der Waals surface area contributed by atoms with Gasteiger partial charge in [-0.1, -0.05) is 30.3 Å². The Bertz CT molecular complexity index is 839. The van der Waals surface area contributed by atoms with Crippen LogP contribution in [0.5, 0.6) is 5.75 Å². The van der Waals surface area contributed by atoms with Crippen LogP contribution in [0.3, 0.4) is 0 Å². The lowest BCUT2D eigenvalue weighted by atomic mass is 10.0. The number of nitrogens with zero attached hydrogens (tertiary/aromatic N) is 2. The van der Waals surface area contributed by atoms with Crippen LogP contribution in [-0.4, -0.2) is 60.6 Å². The minimum atomic E-state index is -0.183. The summed E-state index contributed by atoms with van der Waals surface area (Å²) < 4.78 is 19.6. The van der Waals surface area contributed by atoms with Gasteiger partial charge in [0.05, 0.1) is 6.04 Å². The number of halogens is 1. The zero-order valence-electron chi connectivity index (χ0n) is 17.5. The van der Waals surface area contributed by atoms with Crippen LogP contribution in [0.1, 0.15) is 24.8 Å². The van der Waals surface area contributed by atoms with Gasteiger partial charge in [0.25, 0.3) is 0 Å². The summed E-state index contributed by atoms with van der Waals surface area (Å²) in [4.78, 5) is 17.3. The number of para-hydroxylation sites is 1. The van der Waals surface area contributed by atoms with Crippen LogP contribution in [0.25, 0.3) is 0 Å². The molecule has 2 fully saturated rings. The maximum absolute atomic E-state index is 13.5. The van der Waals surface area contributed by atoms with Crippen molar-refractivity contribution in [1.82, 2.24) is 15.1 Å². The van der Waals surface area contributed by atoms with E-state index in [0.717, 1.165) is 50.3 Å². The van der Waals surface area contributed by atoms with Gasteiger partial charge in [-0.25, -0.2) is 4.39 Å². The van der Waals surface area contributed by atoms with Gasteiger partial charge in [-0.3, -0.25) is 14.6 Å². The number of likely N-dealkylation sites (N-methyl/N-ethyl adjacent to an activating group) is 1. The van der Waals surface area contributed by atoms with Crippen molar-refractivity contribution in [2.75, 3.05) is 26.7 Å². The Morgan fingerprint density at radius 3 is 2.60 bits per heavy atom. The summed E-state index contributed by atoms with van der Waals surface area (Å²) in [7, 11) is 1.70. The molecule has 2 aliphatic heterocycles. The largest absolute Gasteiger partial charge is 0.489 e. The van der Waals surface area contributed by atoms with Crippen molar-refractivity contribution in [3.63, 3.8) is 0 Å². The molecule has 2 aromatic rings. The Kier molecular flexibility index (Phi) is 6.65. The van der Waals surface area contributed by atoms with E-state index < -0.39 is 0 Å². The number of amides is 1. The summed E-state index contributed by atoms with van der Waals surface area (Å²) in [5, 5.41) is 2.83. The Hall–Kier alpha value is -2.44. The van der Waals surface area contributed by atoms with Gasteiger partial charge in [0.15, 0.2) is 0 Å². The lowest BCUT2D eigenvalue weighted by Crippen LogP contribution is -2.50. The quantitative estimate of drug-likeness (QED) is 0.794. The number of nitrogens with one attached hydrogen (secondary N) is 1. The average Bonchev–Trinajstić information content (AvgIpc) is 3.18. The molecule has 0 aliphatic carbocycles. The number of hydrogen-bond acceptors (Lipinski definition) is 4. The normalized spacial score (nSPS) is 23.4. The number of rotatable bonds is 6. The van der Waals surface area contributed by atoms with Gasteiger partial charge in [-0.15, -0.1) is 0 Å². The van der Waals surface area contributed by atoms with Crippen LogP contribution in [0.15, 0.2) is 54.6 Å². The first kappa shape index (κ1) is 20.8. The van der Waals surface area contributed by atoms with Gasteiger partial charge in [0.2, 0.25) is 5.91 Å². The molecule has 0 saturated carbocycles. The van der Waals surface area contributed by atoms with E-state index in [1.54, 1.807) is 19.2 Å². The van der Waals surface area contributed by atoms with Crippen molar-refractivity contribution in [2.24, 2.45) is 0 Å². The van der Waals surface area contributed by atoms with Crippen molar-refractivity contribution in [1.29, 1.82) is 0 Å². The molecule has 2 heterocycles. The fraction of sp³-hybridized carbons (Fsp3) is 0.458. The number of hydrogen-bond donors (Lipinski definition) is 1. The summed E-state index contributed by atoms with van der Waals surface area (Å²) in [6.07, 6.45) is 2.72. The SMILES string of the molecule is CNC(=O)[C@@H]1C[C@H](Oc2ccccc2)CN1C1CCN(Cc2cccc(F)c2)CC1. The van der Waals surface area contributed by atoms with Crippen LogP contribution >= 0.6 is 0 Å². The van der Waals surface area contributed by atoms with Crippen molar-refractivity contribution in [2.45, 2.75) is 44.0 Å². The maximum Gasteiger partial charge on any atom is 0.237 e. The van der Waals surface area contributed by atoms with E-state index in [1.165, 1.54) is 6.07 Å². The van der Waals surface area contributed by atoms with Crippen molar-refractivity contribution in [3.05, 3.63) is 66.0 Å². The number of piperidine rings is 1. The highest BCUT2D eigenvalue weighted by Gasteiger charge is 2.41. The molecule has 0 aromatic heterocycles. The molecule has 2 saturated heterocycles. The van der Waals surface area contributed by atoms with E-state index in [1.807, 2.05) is 36.4 Å². The number of ether oxygens (including phenoxy) is 1. The van der Waals surface area contributed by atoms with Gasteiger partial charge in [0.1, 0.15) is 17.7 Å². The van der Waals surface area contributed by atoms with Crippen molar-refractivity contribution < 1.29 is 13.9 Å². The molecule has 0 unspecified atom stereocenters. The molecule has 1 N–H and O–H groups in total. The van der Waals surface area contributed by atoms with Gasteiger partial charge < -0.3 is 10.1 Å². The predicted octanol–water partition coefficient (Wildman–Crippen LogP) is 3.06. The molecule has 0 radical (unpaired) electrons. The highest BCUT2D eigenvalue weighted by Crippen LogP contribution is 2.29. The third-order valence-electron chi connectivity index (χ3n) is 6.22. The van der Waals surface area contributed by atoms with E-state index in [9.17, 15) is 9.18 Å². The fourth-order valence-corrected chi connectivity index (χ4v) is 4.73. The molecule has 2 aromatic carbocycles. The minimum Gasteiger partial charge on any atom is -0.489 e. The zero-order chi connectivity index (χ0) is 20.9. The summed E-state index contributed by atoms with van der Waals surface area (Å²) in [6, 6.07) is 16.9.